The van der Waals surface area contributed by atoms with Crippen molar-refractivity contribution in [3.63, 3.8) is 0 Å². The van der Waals surface area contributed by atoms with E-state index in [0.29, 0.717) is 13.1 Å². The number of carbonyl (C=O) groups excluding carboxylic acids is 2. The molecule has 3 rings (SSSR count). The van der Waals surface area contributed by atoms with Crippen LogP contribution in [0.1, 0.15) is 28.7 Å². The molecule has 0 aliphatic carbocycles. The molecule has 1 heterocycles. The summed E-state index contributed by atoms with van der Waals surface area (Å²) in [6.07, 6.45) is 1.02. The second-order valence-corrected chi connectivity index (χ2v) is 7.61. The number of carbonyl (C=O) groups is 2. The standard InChI is InChI=1S/C23H28N2O3/c1-15-10-16(2)22(17(3)11-15)24-23(27)19-13-21(26)25(14-19)9-8-18-6-5-7-20(12-18)28-4/h5-7,10-12,19H,8-9,13-14H2,1-4H3,(H,24,27). The molecule has 0 radical (unpaired) electrons. The SMILES string of the molecule is COc1cccc(CCN2CC(C(=O)Nc3c(C)cc(C)cc3C)CC2=O)c1. The van der Waals surface area contributed by atoms with E-state index in [0.717, 1.165) is 34.5 Å². The van der Waals surface area contributed by atoms with E-state index in [9.17, 15) is 9.59 Å². The summed E-state index contributed by atoms with van der Waals surface area (Å²) in [6, 6.07) is 12.0. The minimum atomic E-state index is -0.307. The molecule has 148 valence electrons. The molecule has 1 aliphatic heterocycles. The van der Waals surface area contributed by atoms with Crippen LogP contribution in [0, 0.1) is 26.7 Å². The van der Waals surface area contributed by atoms with Crippen LogP contribution in [0.3, 0.4) is 0 Å². The van der Waals surface area contributed by atoms with Crippen LogP contribution in [0.15, 0.2) is 36.4 Å². The van der Waals surface area contributed by atoms with Gasteiger partial charge in [0.25, 0.3) is 0 Å². The van der Waals surface area contributed by atoms with Crippen molar-refractivity contribution >= 4 is 17.5 Å². The number of methoxy groups -OCH3 is 1. The van der Waals surface area contributed by atoms with Gasteiger partial charge in [-0.1, -0.05) is 29.8 Å². The number of rotatable bonds is 6. The maximum absolute atomic E-state index is 12.7. The Hall–Kier alpha value is -2.82. The van der Waals surface area contributed by atoms with Gasteiger partial charge in [-0.25, -0.2) is 0 Å². The van der Waals surface area contributed by atoms with Crippen molar-refractivity contribution in [3.05, 3.63) is 58.7 Å². The van der Waals surface area contributed by atoms with Crippen molar-refractivity contribution in [2.75, 3.05) is 25.5 Å². The van der Waals surface area contributed by atoms with Crippen molar-refractivity contribution in [2.45, 2.75) is 33.6 Å². The first-order chi connectivity index (χ1) is 13.4. The molecule has 1 N–H and O–H groups in total. The fourth-order valence-corrected chi connectivity index (χ4v) is 3.86. The van der Waals surface area contributed by atoms with Crippen LogP contribution in [-0.4, -0.2) is 36.9 Å². The van der Waals surface area contributed by atoms with Crippen LogP contribution in [-0.2, 0) is 16.0 Å². The fourth-order valence-electron chi connectivity index (χ4n) is 3.86. The zero-order valence-corrected chi connectivity index (χ0v) is 17.0. The molecule has 5 nitrogen and oxygen atoms in total. The minimum Gasteiger partial charge on any atom is -0.497 e. The molecule has 0 aromatic heterocycles. The third-order valence-corrected chi connectivity index (χ3v) is 5.32. The molecular formula is C23H28N2O3. The summed E-state index contributed by atoms with van der Waals surface area (Å²) in [5.41, 5.74) is 5.24. The lowest BCUT2D eigenvalue weighted by Crippen LogP contribution is -2.30. The molecule has 0 bridgehead atoms. The van der Waals surface area contributed by atoms with Gasteiger partial charge in [-0.15, -0.1) is 0 Å². The van der Waals surface area contributed by atoms with E-state index in [2.05, 4.69) is 17.4 Å². The van der Waals surface area contributed by atoms with E-state index in [1.807, 2.05) is 45.0 Å². The first-order valence-electron chi connectivity index (χ1n) is 9.67. The highest BCUT2D eigenvalue weighted by Crippen LogP contribution is 2.25. The Bertz CT molecular complexity index is 868. The number of aryl methyl sites for hydroxylation is 3. The van der Waals surface area contributed by atoms with E-state index in [1.165, 1.54) is 5.56 Å². The third-order valence-electron chi connectivity index (χ3n) is 5.32. The summed E-state index contributed by atoms with van der Waals surface area (Å²) in [7, 11) is 1.64. The Morgan fingerprint density at radius 3 is 2.57 bits per heavy atom. The van der Waals surface area contributed by atoms with Crippen LogP contribution < -0.4 is 10.1 Å². The highest BCUT2D eigenvalue weighted by Gasteiger charge is 2.34. The van der Waals surface area contributed by atoms with Crippen molar-refractivity contribution in [3.8, 4) is 5.75 Å². The summed E-state index contributed by atoms with van der Waals surface area (Å²) in [5, 5.41) is 3.04. The molecule has 0 saturated carbocycles. The Labute approximate surface area is 166 Å². The molecule has 1 unspecified atom stereocenters. The topological polar surface area (TPSA) is 58.6 Å². The summed E-state index contributed by atoms with van der Waals surface area (Å²) in [6.45, 7) is 7.12. The molecule has 5 heteroatoms. The van der Waals surface area contributed by atoms with Gasteiger partial charge >= 0.3 is 0 Å². The van der Waals surface area contributed by atoms with Gasteiger partial charge in [-0.05, 0) is 56.0 Å². The van der Waals surface area contributed by atoms with Crippen molar-refractivity contribution < 1.29 is 14.3 Å². The Morgan fingerprint density at radius 1 is 1.18 bits per heavy atom. The molecule has 1 fully saturated rings. The predicted octanol–water partition coefficient (Wildman–Crippen LogP) is 3.65. The van der Waals surface area contributed by atoms with Gasteiger partial charge in [0, 0.05) is 25.2 Å². The van der Waals surface area contributed by atoms with Gasteiger partial charge in [0.2, 0.25) is 11.8 Å². The van der Waals surface area contributed by atoms with Gasteiger partial charge in [-0.3, -0.25) is 9.59 Å². The lowest BCUT2D eigenvalue weighted by atomic mass is 10.0. The molecule has 1 atom stereocenters. The molecule has 1 saturated heterocycles. The van der Waals surface area contributed by atoms with Crippen LogP contribution in [0.25, 0.3) is 0 Å². The maximum Gasteiger partial charge on any atom is 0.229 e. The second kappa shape index (κ2) is 8.46. The second-order valence-electron chi connectivity index (χ2n) is 7.61. The van der Waals surface area contributed by atoms with E-state index in [4.69, 9.17) is 4.74 Å². The minimum absolute atomic E-state index is 0.0420. The van der Waals surface area contributed by atoms with Crippen LogP contribution in [0.5, 0.6) is 5.75 Å². The Kier molecular flexibility index (Phi) is 6.02. The number of ether oxygens (including phenoxy) is 1. The number of nitrogens with one attached hydrogen (secondary N) is 1. The number of hydrogen-bond acceptors (Lipinski definition) is 3. The summed E-state index contributed by atoms with van der Waals surface area (Å²) >= 11 is 0. The number of amides is 2. The normalized spacial score (nSPS) is 16.4. The Balaban J connectivity index is 1.60. The fraction of sp³-hybridized carbons (Fsp3) is 0.391. The average Bonchev–Trinajstić information content (AvgIpc) is 3.04. The van der Waals surface area contributed by atoms with Crippen molar-refractivity contribution in [1.82, 2.24) is 4.90 Å². The quantitative estimate of drug-likeness (QED) is 0.832. The summed E-state index contributed by atoms with van der Waals surface area (Å²) in [5.74, 6) is 0.469. The zero-order chi connectivity index (χ0) is 20.3. The number of hydrogen-bond donors (Lipinski definition) is 1. The monoisotopic (exact) mass is 380 g/mol. The van der Waals surface area contributed by atoms with E-state index >= 15 is 0 Å². The molecule has 0 spiro atoms. The molecule has 1 aliphatic rings. The molecule has 2 amide bonds. The zero-order valence-electron chi connectivity index (χ0n) is 17.0. The summed E-state index contributed by atoms with van der Waals surface area (Å²) < 4.78 is 5.25. The first-order valence-corrected chi connectivity index (χ1v) is 9.67. The van der Waals surface area contributed by atoms with Gasteiger partial charge in [0.1, 0.15) is 5.75 Å². The average molecular weight is 380 g/mol. The van der Waals surface area contributed by atoms with E-state index < -0.39 is 0 Å². The van der Waals surface area contributed by atoms with E-state index in [-0.39, 0.29) is 24.2 Å². The van der Waals surface area contributed by atoms with E-state index in [1.54, 1.807) is 12.0 Å². The number of likely N-dealkylation sites (tertiary alicyclic amines) is 1. The molecule has 2 aromatic rings. The third kappa shape index (κ3) is 4.53. The van der Waals surface area contributed by atoms with Gasteiger partial charge in [-0.2, -0.15) is 0 Å². The molecule has 2 aromatic carbocycles. The first kappa shape index (κ1) is 19.9. The van der Waals surface area contributed by atoms with Gasteiger partial charge in [0.15, 0.2) is 0 Å². The van der Waals surface area contributed by atoms with Crippen LogP contribution in [0.4, 0.5) is 5.69 Å². The summed E-state index contributed by atoms with van der Waals surface area (Å²) in [4.78, 5) is 26.9. The van der Waals surface area contributed by atoms with Crippen LogP contribution >= 0.6 is 0 Å². The van der Waals surface area contributed by atoms with Crippen LogP contribution in [0.2, 0.25) is 0 Å². The number of nitrogens with zero attached hydrogens (tertiary/aromatic N) is 1. The smallest absolute Gasteiger partial charge is 0.229 e. The maximum atomic E-state index is 12.7. The molecular weight excluding hydrogens is 352 g/mol. The predicted molar refractivity (Wildman–Crippen MR) is 111 cm³/mol. The highest BCUT2D eigenvalue weighted by molar-refractivity contribution is 5.98. The Morgan fingerprint density at radius 2 is 1.89 bits per heavy atom. The van der Waals surface area contributed by atoms with Gasteiger partial charge < -0.3 is 15.0 Å². The number of anilines is 1. The largest absolute Gasteiger partial charge is 0.497 e. The molecule has 28 heavy (non-hydrogen) atoms. The lowest BCUT2D eigenvalue weighted by Gasteiger charge is -2.18. The lowest BCUT2D eigenvalue weighted by molar-refractivity contribution is -0.128. The van der Waals surface area contributed by atoms with Gasteiger partial charge in [0.05, 0.1) is 13.0 Å². The van der Waals surface area contributed by atoms with Crippen molar-refractivity contribution in [1.29, 1.82) is 0 Å². The number of benzene rings is 2. The highest BCUT2D eigenvalue weighted by atomic mass is 16.5. The van der Waals surface area contributed by atoms with Crippen molar-refractivity contribution in [2.24, 2.45) is 5.92 Å².